The Kier molecular flexibility index (Phi) is 7.49. The molecule has 0 atom stereocenters. The summed E-state index contributed by atoms with van der Waals surface area (Å²) in [7, 11) is 1.51. The van der Waals surface area contributed by atoms with Crippen molar-refractivity contribution in [2.45, 2.75) is 13.2 Å². The standard InChI is InChI=1S/C30H24N4O6/c1-39-27-12-6-7-21(30(27)40-19-20-13-15-22(16-14-20)34(37)38)17-31-32-28(35)18-33-25-10-4-2-8-23(25)29(36)24-9-3-5-11-26(24)33/h2-17H,18-19H2,1H3,(H,32,35)/b31-17+. The number of nitro groups is 1. The second kappa shape index (κ2) is 11.5. The summed E-state index contributed by atoms with van der Waals surface area (Å²) >= 11 is 0. The molecule has 1 aromatic heterocycles. The largest absolute Gasteiger partial charge is 0.493 e. The van der Waals surface area contributed by atoms with Gasteiger partial charge in [-0.3, -0.25) is 19.7 Å². The molecule has 4 aromatic carbocycles. The van der Waals surface area contributed by atoms with Gasteiger partial charge in [-0.05, 0) is 54.1 Å². The SMILES string of the molecule is COc1cccc(/C=N/NC(=O)Cn2c3ccccc3c(=O)c3ccccc32)c1OCc1ccc([N+](=O)[O-])cc1. The van der Waals surface area contributed by atoms with Gasteiger partial charge in [-0.15, -0.1) is 0 Å². The van der Waals surface area contributed by atoms with E-state index in [0.29, 0.717) is 38.9 Å². The topological polar surface area (TPSA) is 125 Å². The minimum absolute atomic E-state index is 0.00673. The number of rotatable bonds is 9. The van der Waals surface area contributed by atoms with E-state index < -0.39 is 4.92 Å². The van der Waals surface area contributed by atoms with Crippen molar-refractivity contribution in [2.75, 3.05) is 7.11 Å². The van der Waals surface area contributed by atoms with Crippen molar-refractivity contribution in [3.63, 3.8) is 0 Å². The highest BCUT2D eigenvalue weighted by atomic mass is 16.6. The number of aromatic nitrogens is 1. The lowest BCUT2D eigenvalue weighted by Gasteiger charge is -2.14. The van der Waals surface area contributed by atoms with Crippen LogP contribution in [0.4, 0.5) is 5.69 Å². The molecule has 0 saturated heterocycles. The first-order valence-electron chi connectivity index (χ1n) is 12.3. The lowest BCUT2D eigenvalue weighted by atomic mass is 10.1. The van der Waals surface area contributed by atoms with Crippen molar-refractivity contribution >= 4 is 39.6 Å². The number of nitrogens with one attached hydrogen (secondary N) is 1. The van der Waals surface area contributed by atoms with Crippen LogP contribution in [0.5, 0.6) is 11.5 Å². The number of non-ortho nitro benzene ring substituents is 1. The van der Waals surface area contributed by atoms with Crippen molar-refractivity contribution in [3.8, 4) is 11.5 Å². The van der Waals surface area contributed by atoms with Crippen LogP contribution in [0.3, 0.4) is 0 Å². The number of fused-ring (bicyclic) bond motifs is 2. The Hall–Kier alpha value is -5.51. The van der Waals surface area contributed by atoms with Crippen LogP contribution < -0.4 is 20.3 Å². The van der Waals surface area contributed by atoms with Gasteiger partial charge in [0.15, 0.2) is 16.9 Å². The number of ether oxygens (including phenoxy) is 2. The number of carbonyl (C=O) groups is 1. The van der Waals surface area contributed by atoms with Gasteiger partial charge in [0.2, 0.25) is 0 Å². The zero-order valence-corrected chi connectivity index (χ0v) is 21.4. The number of carbonyl (C=O) groups excluding carboxylic acids is 1. The van der Waals surface area contributed by atoms with Gasteiger partial charge in [0.05, 0.1) is 29.3 Å². The average Bonchev–Trinajstić information content (AvgIpc) is 2.98. The lowest BCUT2D eigenvalue weighted by Crippen LogP contribution is -2.25. The van der Waals surface area contributed by atoms with E-state index in [-0.39, 0.29) is 30.2 Å². The van der Waals surface area contributed by atoms with E-state index in [1.807, 2.05) is 24.3 Å². The monoisotopic (exact) mass is 536 g/mol. The first-order valence-corrected chi connectivity index (χ1v) is 12.3. The molecule has 0 aliphatic carbocycles. The first-order chi connectivity index (χ1) is 19.5. The summed E-state index contributed by atoms with van der Waals surface area (Å²) in [5.41, 5.74) is 5.05. The summed E-state index contributed by atoms with van der Waals surface area (Å²) in [6, 6.07) is 25.7. The molecule has 200 valence electrons. The van der Waals surface area contributed by atoms with Gasteiger partial charge in [-0.2, -0.15) is 5.10 Å². The lowest BCUT2D eigenvalue weighted by molar-refractivity contribution is -0.384. The molecule has 1 amide bonds. The highest BCUT2D eigenvalue weighted by molar-refractivity contribution is 5.95. The normalized spacial score (nSPS) is 11.1. The van der Waals surface area contributed by atoms with Crippen LogP contribution in [0.1, 0.15) is 11.1 Å². The number of hydrogen-bond acceptors (Lipinski definition) is 7. The second-order valence-electron chi connectivity index (χ2n) is 8.83. The number of para-hydroxylation sites is 3. The molecule has 0 bridgehead atoms. The van der Waals surface area contributed by atoms with Gasteiger partial charge in [0.1, 0.15) is 13.2 Å². The molecular formula is C30H24N4O6. The summed E-state index contributed by atoms with van der Waals surface area (Å²) in [6.07, 6.45) is 1.45. The summed E-state index contributed by atoms with van der Waals surface area (Å²) in [4.78, 5) is 36.3. The molecule has 1 N–H and O–H groups in total. The van der Waals surface area contributed by atoms with Crippen molar-refractivity contribution in [2.24, 2.45) is 5.10 Å². The quantitative estimate of drug-likeness (QED) is 0.125. The third-order valence-corrected chi connectivity index (χ3v) is 6.33. The summed E-state index contributed by atoms with van der Waals surface area (Å²) < 4.78 is 13.2. The molecule has 5 rings (SSSR count). The van der Waals surface area contributed by atoms with Gasteiger partial charge >= 0.3 is 0 Å². The summed E-state index contributed by atoms with van der Waals surface area (Å²) in [5, 5.41) is 16.1. The van der Waals surface area contributed by atoms with E-state index in [9.17, 15) is 19.7 Å². The molecule has 10 heteroatoms. The Morgan fingerprint density at radius 2 is 1.60 bits per heavy atom. The fraction of sp³-hybridized carbons (Fsp3) is 0.100. The number of nitrogens with zero attached hydrogens (tertiary/aromatic N) is 3. The number of nitro benzene ring substituents is 1. The van der Waals surface area contributed by atoms with Crippen LogP contribution in [-0.4, -0.2) is 28.7 Å². The van der Waals surface area contributed by atoms with E-state index >= 15 is 0 Å². The third-order valence-electron chi connectivity index (χ3n) is 6.33. The summed E-state index contributed by atoms with van der Waals surface area (Å²) in [6.45, 7) is 0.0817. The molecule has 0 aliphatic heterocycles. The Morgan fingerprint density at radius 1 is 0.950 bits per heavy atom. The Balaban J connectivity index is 1.34. The fourth-order valence-electron chi connectivity index (χ4n) is 4.42. The van der Waals surface area contributed by atoms with Gasteiger partial charge in [-0.1, -0.05) is 30.3 Å². The molecule has 0 unspecified atom stereocenters. The molecule has 1 heterocycles. The molecule has 0 fully saturated rings. The minimum atomic E-state index is -0.462. The maximum atomic E-state index is 12.9. The van der Waals surface area contributed by atoms with Crippen molar-refractivity contribution in [3.05, 3.63) is 122 Å². The fourth-order valence-corrected chi connectivity index (χ4v) is 4.42. The molecule has 5 aromatic rings. The van der Waals surface area contributed by atoms with Crippen LogP contribution >= 0.6 is 0 Å². The van der Waals surface area contributed by atoms with E-state index in [1.165, 1.54) is 25.5 Å². The summed E-state index contributed by atoms with van der Waals surface area (Å²) in [5.74, 6) is 0.480. The molecular weight excluding hydrogens is 512 g/mol. The van der Waals surface area contributed by atoms with Gasteiger partial charge in [0, 0.05) is 28.5 Å². The minimum Gasteiger partial charge on any atom is -0.493 e. The Morgan fingerprint density at radius 3 is 2.23 bits per heavy atom. The van der Waals surface area contributed by atoms with Crippen molar-refractivity contribution in [1.29, 1.82) is 0 Å². The highest BCUT2D eigenvalue weighted by Crippen LogP contribution is 2.31. The number of methoxy groups -OCH3 is 1. The maximum Gasteiger partial charge on any atom is 0.269 e. The van der Waals surface area contributed by atoms with Gasteiger partial charge < -0.3 is 14.0 Å². The molecule has 10 nitrogen and oxygen atoms in total. The first kappa shape index (κ1) is 26.1. The molecule has 0 spiro atoms. The van der Waals surface area contributed by atoms with Crippen molar-refractivity contribution < 1.29 is 19.2 Å². The number of hydrazone groups is 1. The van der Waals surface area contributed by atoms with Crippen LogP contribution in [0.15, 0.2) is 101 Å². The van der Waals surface area contributed by atoms with Gasteiger partial charge in [0.25, 0.3) is 11.6 Å². The van der Waals surface area contributed by atoms with Crippen LogP contribution in [-0.2, 0) is 17.9 Å². The van der Waals surface area contributed by atoms with Crippen molar-refractivity contribution in [1.82, 2.24) is 9.99 Å². The maximum absolute atomic E-state index is 12.9. The Labute approximate surface area is 228 Å². The highest BCUT2D eigenvalue weighted by Gasteiger charge is 2.14. The predicted octanol–water partition coefficient (Wildman–Crippen LogP) is 4.80. The number of amides is 1. The van der Waals surface area contributed by atoms with Gasteiger partial charge in [-0.25, -0.2) is 5.43 Å². The smallest absolute Gasteiger partial charge is 0.269 e. The van der Waals surface area contributed by atoms with E-state index in [2.05, 4.69) is 10.5 Å². The van der Waals surface area contributed by atoms with Crippen LogP contribution in [0.25, 0.3) is 21.8 Å². The average molecular weight is 537 g/mol. The third kappa shape index (κ3) is 5.37. The van der Waals surface area contributed by atoms with Crippen LogP contribution in [0.2, 0.25) is 0 Å². The van der Waals surface area contributed by atoms with E-state index in [0.717, 1.165) is 5.56 Å². The zero-order valence-electron chi connectivity index (χ0n) is 21.4. The number of hydrogen-bond donors (Lipinski definition) is 1. The zero-order chi connectivity index (χ0) is 28.1. The molecule has 0 aliphatic rings. The number of pyridine rings is 1. The second-order valence-corrected chi connectivity index (χ2v) is 8.83. The molecule has 0 saturated carbocycles. The van der Waals surface area contributed by atoms with E-state index in [4.69, 9.17) is 9.47 Å². The molecule has 40 heavy (non-hydrogen) atoms. The number of benzene rings is 4. The van der Waals surface area contributed by atoms with Crippen LogP contribution in [0, 0.1) is 10.1 Å². The van der Waals surface area contributed by atoms with E-state index in [1.54, 1.807) is 59.2 Å². The Bertz CT molecular complexity index is 1750. The predicted molar refractivity (Wildman–Crippen MR) is 152 cm³/mol. The molecule has 0 radical (unpaired) electrons.